The van der Waals surface area contributed by atoms with Crippen LogP contribution in [0.3, 0.4) is 0 Å². The Morgan fingerprint density at radius 1 is 1.64 bits per heavy atom. The molecule has 1 aromatic rings. The molecule has 0 fully saturated rings. The minimum absolute atomic E-state index is 0.0657. The second-order valence-electron chi connectivity index (χ2n) is 3.58. The lowest BCUT2D eigenvalue weighted by molar-refractivity contribution is 0.336. The number of hydrogen-bond donors (Lipinski definition) is 1. The van der Waals surface area contributed by atoms with Crippen molar-refractivity contribution in [3.63, 3.8) is 0 Å². The molecule has 1 aromatic heterocycles. The topological polar surface area (TPSA) is 43.8 Å². The van der Waals surface area contributed by atoms with E-state index in [-0.39, 0.29) is 6.54 Å². The Labute approximate surface area is 84.1 Å². The molecule has 1 rings (SSSR count). The van der Waals surface area contributed by atoms with Crippen molar-refractivity contribution >= 4 is 0 Å². The summed E-state index contributed by atoms with van der Waals surface area (Å²) in [5, 5.41) is 4.29. The average Bonchev–Trinajstić information content (AvgIpc) is 2.65. The van der Waals surface area contributed by atoms with Gasteiger partial charge in [-0.15, -0.1) is 0 Å². The zero-order valence-electron chi connectivity index (χ0n) is 8.78. The minimum Gasteiger partial charge on any atom is -0.328 e. The van der Waals surface area contributed by atoms with Gasteiger partial charge in [0.15, 0.2) is 0 Å². The van der Waals surface area contributed by atoms with E-state index in [4.69, 9.17) is 5.73 Å². The predicted octanol–water partition coefficient (Wildman–Crippen LogP) is 1.69. The summed E-state index contributed by atoms with van der Waals surface area (Å²) in [5.74, 6) is 0. The molecule has 0 spiro atoms. The molecule has 0 aliphatic rings. The first-order chi connectivity index (χ1) is 6.67. The zero-order chi connectivity index (χ0) is 10.6. The van der Waals surface area contributed by atoms with Gasteiger partial charge in [0.1, 0.15) is 6.17 Å². The lowest BCUT2D eigenvalue weighted by Crippen LogP contribution is -2.18. The molecule has 2 N–H and O–H groups in total. The van der Waals surface area contributed by atoms with Crippen LogP contribution < -0.4 is 5.73 Å². The Hall–Kier alpha value is -0.900. The van der Waals surface area contributed by atoms with Crippen LogP contribution >= 0.6 is 0 Å². The fraction of sp³-hybridized carbons (Fsp3) is 0.700. The first-order valence-electron chi connectivity index (χ1n) is 5.05. The lowest BCUT2D eigenvalue weighted by Gasteiger charge is -2.08. The molecule has 3 nitrogen and oxygen atoms in total. The molecular formula is C10H18FN3. The van der Waals surface area contributed by atoms with Gasteiger partial charge >= 0.3 is 0 Å². The van der Waals surface area contributed by atoms with Crippen molar-refractivity contribution < 1.29 is 4.39 Å². The molecule has 1 heterocycles. The quantitative estimate of drug-likeness (QED) is 0.784. The van der Waals surface area contributed by atoms with Crippen molar-refractivity contribution in [1.82, 2.24) is 9.78 Å². The molecule has 2 atom stereocenters. The number of halogens is 1. The summed E-state index contributed by atoms with van der Waals surface area (Å²) in [7, 11) is 0. The highest BCUT2D eigenvalue weighted by molar-refractivity contribution is 5.01. The fourth-order valence-corrected chi connectivity index (χ4v) is 1.23. The van der Waals surface area contributed by atoms with E-state index >= 15 is 0 Å². The third-order valence-corrected chi connectivity index (χ3v) is 2.39. The van der Waals surface area contributed by atoms with Crippen molar-refractivity contribution in [2.75, 3.05) is 6.54 Å². The zero-order valence-corrected chi connectivity index (χ0v) is 8.78. The van der Waals surface area contributed by atoms with Gasteiger partial charge in [-0.25, -0.2) is 4.39 Å². The molecule has 0 bridgehead atoms. The number of nitrogens with two attached hydrogens (primary N) is 1. The van der Waals surface area contributed by atoms with Crippen LogP contribution in [0.4, 0.5) is 4.39 Å². The van der Waals surface area contributed by atoms with Gasteiger partial charge in [0.2, 0.25) is 0 Å². The Bertz CT molecular complexity index is 272. The molecule has 0 radical (unpaired) electrons. The largest absolute Gasteiger partial charge is 0.328 e. The molecule has 0 saturated carbocycles. The second-order valence-corrected chi connectivity index (χ2v) is 3.58. The highest BCUT2D eigenvalue weighted by Gasteiger charge is 2.09. The predicted molar refractivity (Wildman–Crippen MR) is 54.9 cm³/mol. The summed E-state index contributed by atoms with van der Waals surface area (Å²) < 4.78 is 14.8. The van der Waals surface area contributed by atoms with Crippen molar-refractivity contribution in [3.8, 4) is 0 Å². The summed E-state index contributed by atoms with van der Waals surface area (Å²) in [6.07, 6.45) is 2.26. The summed E-state index contributed by atoms with van der Waals surface area (Å²) >= 11 is 0. The van der Waals surface area contributed by atoms with Crippen molar-refractivity contribution in [2.24, 2.45) is 5.73 Å². The van der Waals surface area contributed by atoms with Gasteiger partial charge in [-0.1, -0.05) is 6.92 Å². The molecule has 0 aliphatic heterocycles. The molecular weight excluding hydrogens is 181 g/mol. The van der Waals surface area contributed by atoms with Gasteiger partial charge in [0, 0.05) is 25.2 Å². The standard InChI is InChI=1S/C10H18FN3/c1-3-8(2)14-5-4-10(13-14)6-9(11)7-12/h4-5,8-9H,3,6-7,12H2,1-2H3. The van der Waals surface area contributed by atoms with Crippen LogP contribution in [0.1, 0.15) is 32.0 Å². The Morgan fingerprint density at radius 2 is 2.36 bits per heavy atom. The Balaban J connectivity index is 2.59. The monoisotopic (exact) mass is 199 g/mol. The maximum Gasteiger partial charge on any atom is 0.118 e. The number of nitrogens with zero attached hydrogens (tertiary/aromatic N) is 2. The van der Waals surface area contributed by atoms with E-state index in [2.05, 4.69) is 18.9 Å². The van der Waals surface area contributed by atoms with Crippen LogP contribution in [-0.2, 0) is 6.42 Å². The third-order valence-electron chi connectivity index (χ3n) is 2.39. The molecule has 4 heteroatoms. The average molecular weight is 199 g/mol. The highest BCUT2D eigenvalue weighted by atomic mass is 19.1. The maximum atomic E-state index is 12.9. The second kappa shape index (κ2) is 5.10. The van der Waals surface area contributed by atoms with Gasteiger partial charge < -0.3 is 5.73 Å². The normalized spacial score (nSPS) is 15.4. The summed E-state index contributed by atoms with van der Waals surface area (Å²) in [5.41, 5.74) is 5.98. The first kappa shape index (κ1) is 11.2. The Morgan fingerprint density at radius 3 is 2.93 bits per heavy atom. The highest BCUT2D eigenvalue weighted by Crippen LogP contribution is 2.10. The summed E-state index contributed by atoms with van der Waals surface area (Å²) in [6.45, 7) is 4.26. The Kier molecular flexibility index (Phi) is 4.07. The lowest BCUT2D eigenvalue weighted by atomic mass is 10.2. The summed E-state index contributed by atoms with van der Waals surface area (Å²) in [4.78, 5) is 0. The molecule has 2 unspecified atom stereocenters. The minimum atomic E-state index is -0.977. The fourth-order valence-electron chi connectivity index (χ4n) is 1.23. The number of alkyl halides is 1. The van der Waals surface area contributed by atoms with Gasteiger partial charge in [-0.2, -0.15) is 5.10 Å². The molecule has 0 amide bonds. The van der Waals surface area contributed by atoms with Gasteiger partial charge in [-0.3, -0.25) is 4.68 Å². The van der Waals surface area contributed by atoms with Crippen LogP contribution in [-0.4, -0.2) is 22.5 Å². The summed E-state index contributed by atoms with van der Waals surface area (Å²) in [6, 6.07) is 2.23. The SMILES string of the molecule is CCC(C)n1ccc(CC(F)CN)n1. The van der Waals surface area contributed by atoms with E-state index in [9.17, 15) is 4.39 Å². The van der Waals surface area contributed by atoms with E-state index in [0.29, 0.717) is 12.5 Å². The maximum absolute atomic E-state index is 12.9. The van der Waals surface area contributed by atoms with E-state index in [1.165, 1.54) is 0 Å². The van der Waals surface area contributed by atoms with E-state index < -0.39 is 6.17 Å². The number of rotatable bonds is 5. The van der Waals surface area contributed by atoms with Gasteiger partial charge in [0.05, 0.1) is 5.69 Å². The van der Waals surface area contributed by atoms with E-state index in [1.54, 1.807) is 0 Å². The van der Waals surface area contributed by atoms with Crippen LogP contribution in [0.2, 0.25) is 0 Å². The first-order valence-corrected chi connectivity index (χ1v) is 5.05. The number of aromatic nitrogens is 2. The molecule has 0 aliphatic carbocycles. The smallest absolute Gasteiger partial charge is 0.118 e. The van der Waals surface area contributed by atoms with Crippen molar-refractivity contribution in [3.05, 3.63) is 18.0 Å². The van der Waals surface area contributed by atoms with E-state index in [1.807, 2.05) is 16.9 Å². The third kappa shape index (κ3) is 2.80. The van der Waals surface area contributed by atoms with Crippen LogP contribution in [0.5, 0.6) is 0 Å². The van der Waals surface area contributed by atoms with Crippen LogP contribution in [0, 0.1) is 0 Å². The van der Waals surface area contributed by atoms with Crippen LogP contribution in [0.25, 0.3) is 0 Å². The van der Waals surface area contributed by atoms with Crippen LogP contribution in [0.15, 0.2) is 12.3 Å². The van der Waals surface area contributed by atoms with Crippen molar-refractivity contribution in [2.45, 2.75) is 38.9 Å². The molecule has 14 heavy (non-hydrogen) atoms. The molecule has 80 valence electrons. The molecule has 0 aromatic carbocycles. The van der Waals surface area contributed by atoms with Gasteiger partial charge in [-0.05, 0) is 19.4 Å². The van der Waals surface area contributed by atoms with E-state index in [0.717, 1.165) is 12.1 Å². The van der Waals surface area contributed by atoms with Crippen molar-refractivity contribution in [1.29, 1.82) is 0 Å². The molecule has 0 saturated heterocycles. The van der Waals surface area contributed by atoms with Gasteiger partial charge in [0.25, 0.3) is 0 Å². The number of hydrogen-bond acceptors (Lipinski definition) is 2.